The quantitative estimate of drug-likeness (QED) is 0.271. The normalized spacial score (nSPS) is 22.2. The molecule has 6 heteroatoms. The maximum absolute atomic E-state index is 10.2. The fourth-order valence-electron chi connectivity index (χ4n) is 0.629. The first kappa shape index (κ1) is 9.56. The Labute approximate surface area is 70.7 Å². The molecule has 0 saturated heterocycles. The molecule has 72 valence electrons. The van der Waals surface area contributed by atoms with Crippen molar-refractivity contribution in [3.63, 3.8) is 0 Å². The Morgan fingerprint density at radius 1 is 1.42 bits per heavy atom. The third-order valence-corrected chi connectivity index (χ3v) is 1.45. The Morgan fingerprint density at radius 2 is 2.00 bits per heavy atom. The molecule has 0 spiro atoms. The van der Waals surface area contributed by atoms with Crippen molar-refractivity contribution < 1.29 is 26.6 Å². The number of carbonyl (C=O) groups excluding carboxylic acids is 1. The third kappa shape index (κ3) is 2.84. The summed E-state index contributed by atoms with van der Waals surface area (Å²) in [5.74, 6) is 0. The monoisotopic (exact) mass is 180 g/mol. The summed E-state index contributed by atoms with van der Waals surface area (Å²) in [6, 6.07) is -1.30. The number of rotatable bonds is 6. The van der Waals surface area contributed by atoms with Crippen LogP contribution < -0.4 is 5.73 Å². The van der Waals surface area contributed by atoms with Gasteiger partial charge in [-0.2, -0.15) is 0 Å². The average molecular weight is 180 g/mol. The van der Waals surface area contributed by atoms with Gasteiger partial charge in [-0.05, 0) is 0 Å². The molecule has 0 aromatic carbocycles. The standard InChI is InChI=1S/C6H13NO5/c7-3(1-8)5(11)6(12)4(10)2-9/h1,3-6,9-12H,2,7H2/t3-,4-,5-,6-/m1/s1/i/hD. The number of nitrogens with two attached hydrogens (primary N) is 1. The topological polar surface area (TPSA) is 124 Å². The largest absolute Gasteiger partial charge is 0.394 e. The van der Waals surface area contributed by atoms with Crippen molar-refractivity contribution in [3.05, 3.63) is 0 Å². The molecule has 0 saturated carbocycles. The predicted molar refractivity (Wildman–Crippen MR) is 39.1 cm³/mol. The molecular weight excluding hydrogens is 166 g/mol. The van der Waals surface area contributed by atoms with E-state index in [4.69, 9.17) is 21.8 Å². The molecule has 6 nitrogen and oxygen atoms in total. The van der Waals surface area contributed by atoms with Gasteiger partial charge in [0.05, 0.1) is 12.6 Å². The molecule has 0 aliphatic heterocycles. The van der Waals surface area contributed by atoms with Gasteiger partial charge in [0, 0.05) is 0 Å². The van der Waals surface area contributed by atoms with Crippen LogP contribution in [0.25, 0.3) is 0 Å². The van der Waals surface area contributed by atoms with Gasteiger partial charge in [0.1, 0.15) is 26.0 Å². The molecule has 0 aromatic heterocycles. The molecule has 0 aliphatic rings. The molecule has 12 heavy (non-hydrogen) atoms. The zero-order chi connectivity index (χ0) is 10.4. The summed E-state index contributed by atoms with van der Waals surface area (Å²) in [7, 11) is 0. The summed E-state index contributed by atoms with van der Waals surface area (Å²) < 4.78 is 6.59. The molecule has 6 N–H and O–H groups in total. The highest BCUT2D eigenvalue weighted by atomic mass is 16.4. The van der Waals surface area contributed by atoms with Gasteiger partial charge in [0.15, 0.2) is 0 Å². The zero-order valence-corrected chi connectivity index (χ0v) is 6.29. The lowest BCUT2D eigenvalue weighted by atomic mass is 10.0. The van der Waals surface area contributed by atoms with E-state index < -0.39 is 31.0 Å². The van der Waals surface area contributed by atoms with Crippen LogP contribution in [0.15, 0.2) is 0 Å². The minimum atomic E-state index is -1.67. The van der Waals surface area contributed by atoms with Gasteiger partial charge in [-0.25, -0.2) is 0 Å². The van der Waals surface area contributed by atoms with Crippen LogP contribution in [-0.2, 0) is 4.79 Å². The highest BCUT2D eigenvalue weighted by Crippen LogP contribution is 2.01. The van der Waals surface area contributed by atoms with E-state index in [-0.39, 0.29) is 6.29 Å². The average Bonchev–Trinajstić information content (AvgIpc) is 2.17. The summed E-state index contributed by atoms with van der Waals surface area (Å²) in [5, 5.41) is 35.5. The van der Waals surface area contributed by atoms with E-state index in [2.05, 4.69) is 0 Å². The molecule has 0 fully saturated rings. The summed E-state index contributed by atoms with van der Waals surface area (Å²) in [6.45, 7) is -0.734. The van der Waals surface area contributed by atoms with Crippen LogP contribution in [0.3, 0.4) is 0 Å². The van der Waals surface area contributed by atoms with Crippen molar-refractivity contribution >= 4 is 6.29 Å². The van der Waals surface area contributed by atoms with Crippen molar-refractivity contribution in [2.75, 3.05) is 6.61 Å². The lowest BCUT2D eigenvalue weighted by Crippen LogP contribution is -2.49. The first-order valence-corrected chi connectivity index (χ1v) is 3.36. The second-order valence-corrected chi connectivity index (χ2v) is 2.39. The predicted octanol–water partition coefficient (Wildman–Crippen LogP) is -3.41. The van der Waals surface area contributed by atoms with Crippen LogP contribution in [0.5, 0.6) is 0 Å². The van der Waals surface area contributed by atoms with Crippen LogP contribution in [0.1, 0.15) is 0 Å². The van der Waals surface area contributed by atoms with E-state index in [1.165, 1.54) is 0 Å². The minimum absolute atomic E-state index is 0.227. The number of aliphatic hydroxyl groups is 4. The summed E-state index contributed by atoms with van der Waals surface area (Å²) >= 11 is 0. The molecule has 0 bridgehead atoms. The summed E-state index contributed by atoms with van der Waals surface area (Å²) in [4.78, 5) is 10.2. The van der Waals surface area contributed by atoms with Crippen molar-refractivity contribution in [1.82, 2.24) is 0 Å². The third-order valence-electron chi connectivity index (χ3n) is 1.45. The Bertz CT molecular complexity index is 158. The Balaban J connectivity index is 4.21. The first-order valence-electron chi connectivity index (χ1n) is 3.86. The fourth-order valence-corrected chi connectivity index (χ4v) is 0.629. The number of hydrogen-bond acceptors (Lipinski definition) is 6. The van der Waals surface area contributed by atoms with Crippen LogP contribution >= 0.6 is 0 Å². The van der Waals surface area contributed by atoms with Gasteiger partial charge in [0.2, 0.25) is 0 Å². The van der Waals surface area contributed by atoms with Crippen LogP contribution in [0.2, 0.25) is 1.41 Å². The van der Waals surface area contributed by atoms with E-state index in [9.17, 15) is 4.79 Å². The second-order valence-electron chi connectivity index (χ2n) is 2.39. The molecule has 0 radical (unpaired) electrons. The number of hydrogen-bond donors (Lipinski definition) is 5. The van der Waals surface area contributed by atoms with Crippen molar-refractivity contribution in [2.45, 2.75) is 24.4 Å². The fraction of sp³-hybridized carbons (Fsp3) is 0.833. The van der Waals surface area contributed by atoms with Crippen LogP contribution in [0.4, 0.5) is 0 Å². The number of carbonyl (C=O) groups is 1. The molecule has 0 heterocycles. The zero-order valence-electron chi connectivity index (χ0n) is 7.29. The smallest absolute Gasteiger partial charge is 0.139 e. The van der Waals surface area contributed by atoms with E-state index in [0.717, 1.165) is 0 Å². The van der Waals surface area contributed by atoms with Gasteiger partial charge in [-0.3, -0.25) is 0 Å². The van der Waals surface area contributed by atoms with Gasteiger partial charge in [0.25, 0.3) is 0 Å². The van der Waals surface area contributed by atoms with E-state index in [1.807, 2.05) is 0 Å². The molecule has 0 rings (SSSR count). The van der Waals surface area contributed by atoms with E-state index in [1.54, 1.807) is 5.73 Å². The van der Waals surface area contributed by atoms with Gasteiger partial charge < -0.3 is 30.9 Å². The molecule has 0 aromatic rings. The SMILES string of the molecule is [2H]N[C@H](C=O)[C@@H](O)[C@H](O)[C@H](O)CO. The summed E-state index contributed by atoms with van der Waals surface area (Å²) in [5.41, 5.74) is 1.69. The Morgan fingerprint density at radius 3 is 2.33 bits per heavy atom. The van der Waals surface area contributed by atoms with Crippen LogP contribution in [-0.4, -0.2) is 57.7 Å². The number of aliphatic hydroxyl groups excluding tert-OH is 4. The molecule has 0 aliphatic carbocycles. The lowest BCUT2D eigenvalue weighted by Gasteiger charge is -2.23. The van der Waals surface area contributed by atoms with Crippen molar-refractivity contribution in [2.24, 2.45) is 5.73 Å². The van der Waals surface area contributed by atoms with E-state index >= 15 is 0 Å². The first-order chi connectivity index (χ1) is 6.08. The van der Waals surface area contributed by atoms with Crippen molar-refractivity contribution in [1.29, 1.82) is 0 Å². The Hall–Kier alpha value is -0.530. The second kappa shape index (κ2) is 5.18. The minimum Gasteiger partial charge on any atom is -0.394 e. The van der Waals surface area contributed by atoms with Crippen LogP contribution in [0, 0.1) is 0 Å². The maximum Gasteiger partial charge on any atom is 0.139 e. The molecule has 4 atom stereocenters. The molecular formula is C6H13NO5. The highest BCUT2D eigenvalue weighted by Gasteiger charge is 2.28. The van der Waals surface area contributed by atoms with Gasteiger partial charge in [-0.15, -0.1) is 0 Å². The van der Waals surface area contributed by atoms with Crippen molar-refractivity contribution in [3.8, 4) is 0 Å². The highest BCUT2D eigenvalue weighted by molar-refractivity contribution is 5.58. The molecule has 0 amide bonds. The maximum atomic E-state index is 10.2. The lowest BCUT2D eigenvalue weighted by molar-refractivity contribution is -0.118. The summed E-state index contributed by atoms with van der Waals surface area (Å²) in [6.07, 6.45) is -4.61. The van der Waals surface area contributed by atoms with Gasteiger partial charge >= 0.3 is 0 Å². The van der Waals surface area contributed by atoms with E-state index in [0.29, 0.717) is 0 Å². The Kier molecular flexibility index (Phi) is 4.12. The molecule has 0 unspecified atom stereocenters. The number of aldehydes is 1. The van der Waals surface area contributed by atoms with Gasteiger partial charge in [-0.1, -0.05) is 0 Å².